The zero-order valence-electron chi connectivity index (χ0n) is 12.1. The molecule has 0 radical (unpaired) electrons. The summed E-state index contributed by atoms with van der Waals surface area (Å²) in [6, 6.07) is 14.9. The van der Waals surface area contributed by atoms with E-state index < -0.39 is 0 Å². The second-order valence-corrected chi connectivity index (χ2v) is 6.49. The summed E-state index contributed by atoms with van der Waals surface area (Å²) >= 11 is 1.71. The summed E-state index contributed by atoms with van der Waals surface area (Å²) in [4.78, 5) is 1.05. The highest BCUT2D eigenvalue weighted by molar-refractivity contribution is 7.99. The van der Waals surface area contributed by atoms with Gasteiger partial charge in [0, 0.05) is 10.6 Å². The van der Waals surface area contributed by atoms with Crippen molar-refractivity contribution in [3.05, 3.63) is 53.1 Å². The number of nitrogens with one attached hydrogen (secondary N) is 1. The molecule has 0 saturated carbocycles. The lowest BCUT2D eigenvalue weighted by molar-refractivity contribution is 0.912. The maximum atomic E-state index is 9.46. The zero-order valence-corrected chi connectivity index (χ0v) is 13.0. The number of nitrogens with zero attached hydrogens (tertiary/aromatic N) is 1. The van der Waals surface area contributed by atoms with Crippen LogP contribution in [0.2, 0.25) is 0 Å². The minimum absolute atomic E-state index is 0.741. The van der Waals surface area contributed by atoms with Crippen LogP contribution in [0.25, 0.3) is 0 Å². The Morgan fingerprint density at radius 2 is 2.05 bits per heavy atom. The van der Waals surface area contributed by atoms with Crippen molar-refractivity contribution in [2.75, 3.05) is 11.1 Å². The molecule has 3 heteroatoms. The summed E-state index contributed by atoms with van der Waals surface area (Å²) in [5.74, 6) is 0.969. The quantitative estimate of drug-likeness (QED) is 0.814. The molecule has 2 aromatic carbocycles. The van der Waals surface area contributed by atoms with E-state index in [1.165, 1.54) is 30.4 Å². The minimum Gasteiger partial charge on any atom is -0.354 e. The van der Waals surface area contributed by atoms with Gasteiger partial charge in [0.25, 0.3) is 0 Å². The average Bonchev–Trinajstić information content (AvgIpc) is 2.95. The second-order valence-electron chi connectivity index (χ2n) is 5.19. The molecular weight excluding hydrogens is 276 g/mol. The van der Waals surface area contributed by atoms with Gasteiger partial charge >= 0.3 is 0 Å². The third-order valence-corrected chi connectivity index (χ3v) is 4.76. The van der Waals surface area contributed by atoms with E-state index in [9.17, 15) is 5.26 Å². The van der Waals surface area contributed by atoms with Gasteiger partial charge in [0.05, 0.1) is 11.3 Å². The van der Waals surface area contributed by atoms with E-state index in [2.05, 4.69) is 36.5 Å². The van der Waals surface area contributed by atoms with Crippen molar-refractivity contribution < 1.29 is 0 Å². The molecule has 3 rings (SSSR count). The molecular formula is C18H18N2S. The Bertz CT molecular complexity index is 701. The molecule has 0 saturated heterocycles. The molecule has 2 nitrogen and oxygen atoms in total. The highest BCUT2D eigenvalue weighted by Crippen LogP contribution is 2.31. The lowest BCUT2D eigenvalue weighted by Crippen LogP contribution is -1.96. The van der Waals surface area contributed by atoms with Crippen LogP contribution in [0.15, 0.2) is 41.3 Å². The summed E-state index contributed by atoms with van der Waals surface area (Å²) in [5, 5.41) is 12.9. The van der Waals surface area contributed by atoms with Crippen molar-refractivity contribution in [3.8, 4) is 6.07 Å². The lowest BCUT2D eigenvalue weighted by atomic mass is 10.1. The van der Waals surface area contributed by atoms with Gasteiger partial charge in [-0.2, -0.15) is 5.26 Å². The molecule has 1 aliphatic carbocycles. The van der Waals surface area contributed by atoms with Gasteiger partial charge < -0.3 is 5.32 Å². The first-order valence-corrected chi connectivity index (χ1v) is 8.35. The van der Waals surface area contributed by atoms with Crippen LogP contribution in [0.4, 0.5) is 11.4 Å². The fraction of sp³-hybridized carbons (Fsp3) is 0.278. The molecule has 1 aliphatic rings. The highest BCUT2D eigenvalue weighted by atomic mass is 32.2. The van der Waals surface area contributed by atoms with Crippen molar-refractivity contribution >= 4 is 23.1 Å². The maximum absolute atomic E-state index is 9.46. The SMILES string of the molecule is CCSc1cccc(Nc2ccc3c(c2)CCC3)c1C#N. The zero-order chi connectivity index (χ0) is 14.7. The van der Waals surface area contributed by atoms with Gasteiger partial charge in [0.1, 0.15) is 6.07 Å². The fourth-order valence-corrected chi connectivity index (χ4v) is 3.62. The Morgan fingerprint density at radius 1 is 1.19 bits per heavy atom. The lowest BCUT2D eigenvalue weighted by Gasteiger charge is -2.12. The van der Waals surface area contributed by atoms with Gasteiger partial charge in [0.2, 0.25) is 0 Å². The van der Waals surface area contributed by atoms with Gasteiger partial charge in [-0.3, -0.25) is 0 Å². The number of fused-ring (bicyclic) bond motifs is 1. The number of aryl methyl sites for hydroxylation is 2. The Morgan fingerprint density at radius 3 is 2.86 bits per heavy atom. The first-order chi connectivity index (χ1) is 10.3. The van der Waals surface area contributed by atoms with E-state index >= 15 is 0 Å². The van der Waals surface area contributed by atoms with Crippen LogP contribution in [-0.4, -0.2) is 5.75 Å². The molecule has 0 aromatic heterocycles. The molecule has 1 N–H and O–H groups in total. The number of hydrogen-bond acceptors (Lipinski definition) is 3. The van der Waals surface area contributed by atoms with Crippen LogP contribution in [-0.2, 0) is 12.8 Å². The van der Waals surface area contributed by atoms with Gasteiger partial charge in [-0.25, -0.2) is 0 Å². The van der Waals surface area contributed by atoms with Crippen molar-refractivity contribution in [2.45, 2.75) is 31.1 Å². The monoisotopic (exact) mass is 294 g/mol. The van der Waals surface area contributed by atoms with Gasteiger partial charge in [-0.05, 0) is 60.4 Å². The first kappa shape index (κ1) is 14.0. The van der Waals surface area contributed by atoms with E-state index in [0.717, 1.165) is 27.6 Å². The molecule has 0 fully saturated rings. The molecule has 21 heavy (non-hydrogen) atoms. The van der Waals surface area contributed by atoms with Gasteiger partial charge in [-0.15, -0.1) is 11.8 Å². The topological polar surface area (TPSA) is 35.8 Å². The first-order valence-electron chi connectivity index (χ1n) is 7.36. The van der Waals surface area contributed by atoms with Crippen LogP contribution < -0.4 is 5.32 Å². The number of nitriles is 1. The third kappa shape index (κ3) is 2.91. The normalized spacial score (nSPS) is 12.8. The number of rotatable bonds is 4. The molecule has 0 unspecified atom stereocenters. The van der Waals surface area contributed by atoms with Gasteiger partial charge in [0.15, 0.2) is 0 Å². The predicted molar refractivity (Wildman–Crippen MR) is 89.3 cm³/mol. The van der Waals surface area contributed by atoms with E-state index in [-0.39, 0.29) is 0 Å². The summed E-state index contributed by atoms with van der Waals surface area (Å²) in [5.41, 5.74) is 5.62. The molecule has 0 aliphatic heterocycles. The van der Waals surface area contributed by atoms with Crippen LogP contribution >= 0.6 is 11.8 Å². The molecule has 106 valence electrons. The highest BCUT2D eigenvalue weighted by Gasteiger charge is 2.12. The number of benzene rings is 2. The molecule has 0 amide bonds. The second kappa shape index (κ2) is 6.24. The Hall–Kier alpha value is -1.92. The van der Waals surface area contributed by atoms with Crippen molar-refractivity contribution in [2.24, 2.45) is 0 Å². The van der Waals surface area contributed by atoms with Crippen LogP contribution in [0.5, 0.6) is 0 Å². The molecule has 0 heterocycles. The minimum atomic E-state index is 0.741. The van der Waals surface area contributed by atoms with Crippen LogP contribution in [0.1, 0.15) is 30.0 Å². The van der Waals surface area contributed by atoms with E-state index in [1.54, 1.807) is 11.8 Å². The van der Waals surface area contributed by atoms with Crippen LogP contribution in [0, 0.1) is 11.3 Å². The van der Waals surface area contributed by atoms with Crippen LogP contribution in [0.3, 0.4) is 0 Å². The average molecular weight is 294 g/mol. The molecule has 2 aromatic rings. The smallest absolute Gasteiger partial charge is 0.103 e. The van der Waals surface area contributed by atoms with Crippen molar-refractivity contribution in [1.82, 2.24) is 0 Å². The Balaban J connectivity index is 1.91. The third-order valence-electron chi connectivity index (χ3n) is 3.82. The maximum Gasteiger partial charge on any atom is 0.103 e. The van der Waals surface area contributed by atoms with E-state index in [1.807, 2.05) is 18.2 Å². The Kier molecular flexibility index (Phi) is 4.17. The predicted octanol–water partition coefficient (Wildman–Crippen LogP) is 4.90. The van der Waals surface area contributed by atoms with E-state index in [0.29, 0.717) is 0 Å². The number of hydrogen-bond donors (Lipinski definition) is 1. The summed E-state index contributed by atoms with van der Waals surface area (Å²) in [6.45, 7) is 2.10. The number of thioether (sulfide) groups is 1. The fourth-order valence-electron chi connectivity index (χ4n) is 2.83. The number of anilines is 2. The van der Waals surface area contributed by atoms with Gasteiger partial charge in [-0.1, -0.05) is 19.1 Å². The summed E-state index contributed by atoms with van der Waals surface area (Å²) < 4.78 is 0. The molecule has 0 atom stereocenters. The van der Waals surface area contributed by atoms with Crippen molar-refractivity contribution in [1.29, 1.82) is 5.26 Å². The summed E-state index contributed by atoms with van der Waals surface area (Å²) in [7, 11) is 0. The largest absolute Gasteiger partial charge is 0.354 e. The van der Waals surface area contributed by atoms with Crippen molar-refractivity contribution in [3.63, 3.8) is 0 Å². The Labute approximate surface area is 130 Å². The summed E-state index contributed by atoms with van der Waals surface area (Å²) in [6.07, 6.45) is 3.62. The molecule has 0 bridgehead atoms. The van der Waals surface area contributed by atoms with E-state index in [4.69, 9.17) is 0 Å². The standard InChI is InChI=1S/C18H18N2S/c1-2-21-18-8-4-7-17(16(18)12-19)20-15-10-9-13-5-3-6-14(13)11-15/h4,7-11,20H,2-3,5-6H2,1H3. The molecule has 0 spiro atoms.